The predicted molar refractivity (Wildman–Crippen MR) is 92.9 cm³/mol. The van der Waals surface area contributed by atoms with E-state index in [1.807, 2.05) is 5.38 Å². The van der Waals surface area contributed by atoms with Crippen LogP contribution in [0, 0.1) is 0 Å². The molecule has 2 rings (SSSR count). The first-order valence-electron chi connectivity index (χ1n) is 8.06. The SMILES string of the molecule is CCCCCCCCCCNc1nc(N)nc2sccc12. The fourth-order valence-corrected chi connectivity index (χ4v) is 3.24. The molecule has 0 unspecified atom stereocenters. The summed E-state index contributed by atoms with van der Waals surface area (Å²) in [5, 5.41) is 6.51. The van der Waals surface area contributed by atoms with E-state index in [0.717, 1.165) is 22.6 Å². The van der Waals surface area contributed by atoms with E-state index in [0.29, 0.717) is 5.95 Å². The highest BCUT2D eigenvalue weighted by Gasteiger charge is 2.06. The van der Waals surface area contributed by atoms with Gasteiger partial charge in [0.05, 0.1) is 5.39 Å². The lowest BCUT2D eigenvalue weighted by Crippen LogP contribution is -2.06. The van der Waals surface area contributed by atoms with E-state index in [1.165, 1.54) is 51.4 Å². The molecule has 0 amide bonds. The van der Waals surface area contributed by atoms with Crippen molar-refractivity contribution in [1.29, 1.82) is 0 Å². The lowest BCUT2D eigenvalue weighted by Gasteiger charge is -2.07. The third-order valence-corrected chi connectivity index (χ3v) is 4.47. The first-order valence-corrected chi connectivity index (χ1v) is 8.94. The predicted octanol–water partition coefficient (Wildman–Crippen LogP) is 4.83. The summed E-state index contributed by atoms with van der Waals surface area (Å²) in [5.74, 6) is 1.23. The van der Waals surface area contributed by atoms with E-state index in [4.69, 9.17) is 5.73 Å². The number of hydrogen-bond acceptors (Lipinski definition) is 5. The minimum absolute atomic E-state index is 0.350. The highest BCUT2D eigenvalue weighted by molar-refractivity contribution is 7.16. The Morgan fingerprint density at radius 1 is 1.05 bits per heavy atom. The standard InChI is InChI=1S/C16H26N4S/c1-2-3-4-5-6-7-8-9-11-18-14-13-10-12-21-15(13)20-16(17)19-14/h10,12H,2-9,11H2,1H3,(H3,17,18,19,20). The van der Waals surface area contributed by atoms with Crippen LogP contribution >= 0.6 is 11.3 Å². The second-order valence-electron chi connectivity index (χ2n) is 5.47. The third-order valence-electron chi connectivity index (χ3n) is 3.67. The number of nitrogens with zero attached hydrogens (tertiary/aromatic N) is 2. The van der Waals surface area contributed by atoms with E-state index in [1.54, 1.807) is 11.3 Å². The van der Waals surface area contributed by atoms with Gasteiger partial charge < -0.3 is 11.1 Å². The average molecular weight is 306 g/mol. The van der Waals surface area contributed by atoms with Gasteiger partial charge in [0.25, 0.3) is 0 Å². The second-order valence-corrected chi connectivity index (χ2v) is 6.37. The van der Waals surface area contributed by atoms with Crippen LogP contribution in [-0.2, 0) is 0 Å². The van der Waals surface area contributed by atoms with Crippen LogP contribution in [0.25, 0.3) is 10.2 Å². The summed E-state index contributed by atoms with van der Waals surface area (Å²) in [6.45, 7) is 3.21. The number of aromatic nitrogens is 2. The molecule has 21 heavy (non-hydrogen) atoms. The van der Waals surface area contributed by atoms with E-state index < -0.39 is 0 Å². The Bertz CT molecular complexity index is 538. The minimum atomic E-state index is 0.350. The van der Waals surface area contributed by atoms with Crippen molar-refractivity contribution in [3.05, 3.63) is 11.4 Å². The zero-order valence-electron chi connectivity index (χ0n) is 12.9. The molecule has 0 aliphatic rings. The van der Waals surface area contributed by atoms with Crippen molar-refractivity contribution in [2.24, 2.45) is 0 Å². The third kappa shape index (κ3) is 5.16. The minimum Gasteiger partial charge on any atom is -0.369 e. The van der Waals surface area contributed by atoms with Crippen LogP contribution in [0.15, 0.2) is 11.4 Å². The maximum Gasteiger partial charge on any atom is 0.223 e. The van der Waals surface area contributed by atoms with Gasteiger partial charge in [-0.25, -0.2) is 4.98 Å². The normalized spacial score (nSPS) is 11.1. The first kappa shape index (κ1) is 16.0. The number of anilines is 2. The van der Waals surface area contributed by atoms with E-state index in [-0.39, 0.29) is 0 Å². The number of fused-ring (bicyclic) bond motifs is 1. The van der Waals surface area contributed by atoms with Crippen molar-refractivity contribution in [2.75, 3.05) is 17.6 Å². The summed E-state index contributed by atoms with van der Waals surface area (Å²) in [6, 6.07) is 2.05. The molecule has 0 aliphatic carbocycles. The molecular weight excluding hydrogens is 280 g/mol. The van der Waals surface area contributed by atoms with Crippen LogP contribution in [-0.4, -0.2) is 16.5 Å². The molecule has 0 saturated heterocycles. The van der Waals surface area contributed by atoms with Gasteiger partial charge in [-0.3, -0.25) is 0 Å². The largest absolute Gasteiger partial charge is 0.369 e. The second kappa shape index (κ2) is 8.82. The number of rotatable bonds is 10. The summed E-state index contributed by atoms with van der Waals surface area (Å²) in [6.07, 6.45) is 10.7. The van der Waals surface area contributed by atoms with Gasteiger partial charge in [0.15, 0.2) is 0 Å². The van der Waals surface area contributed by atoms with Crippen molar-refractivity contribution in [3.8, 4) is 0 Å². The van der Waals surface area contributed by atoms with Crippen molar-refractivity contribution < 1.29 is 0 Å². The topological polar surface area (TPSA) is 63.8 Å². The highest BCUT2D eigenvalue weighted by Crippen LogP contribution is 2.25. The molecule has 2 heterocycles. The lowest BCUT2D eigenvalue weighted by atomic mass is 10.1. The van der Waals surface area contributed by atoms with Crippen LogP contribution in [0.3, 0.4) is 0 Å². The molecule has 0 fully saturated rings. The van der Waals surface area contributed by atoms with Crippen LogP contribution in [0.1, 0.15) is 58.3 Å². The number of nitrogens with one attached hydrogen (secondary N) is 1. The number of hydrogen-bond donors (Lipinski definition) is 2. The van der Waals surface area contributed by atoms with Gasteiger partial charge in [-0.05, 0) is 17.9 Å². The molecule has 0 bridgehead atoms. The fourth-order valence-electron chi connectivity index (χ4n) is 2.47. The molecule has 5 heteroatoms. The first-order chi connectivity index (χ1) is 10.3. The molecular formula is C16H26N4S. The Labute approximate surface area is 131 Å². The molecule has 0 atom stereocenters. The van der Waals surface area contributed by atoms with Crippen LogP contribution in [0.5, 0.6) is 0 Å². The van der Waals surface area contributed by atoms with E-state index in [2.05, 4.69) is 28.3 Å². The van der Waals surface area contributed by atoms with Gasteiger partial charge >= 0.3 is 0 Å². The Hall–Kier alpha value is -1.36. The van der Waals surface area contributed by atoms with E-state index in [9.17, 15) is 0 Å². The number of unbranched alkanes of at least 4 members (excludes halogenated alkanes) is 7. The number of thiophene rings is 1. The van der Waals surface area contributed by atoms with Gasteiger partial charge in [0, 0.05) is 6.54 Å². The molecule has 0 radical (unpaired) electrons. The Morgan fingerprint density at radius 2 is 1.76 bits per heavy atom. The van der Waals surface area contributed by atoms with Crippen LogP contribution in [0.2, 0.25) is 0 Å². The van der Waals surface area contributed by atoms with Crippen molar-refractivity contribution >= 4 is 33.3 Å². The smallest absolute Gasteiger partial charge is 0.223 e. The summed E-state index contributed by atoms with van der Waals surface area (Å²) in [7, 11) is 0. The van der Waals surface area contributed by atoms with Gasteiger partial charge in [-0.15, -0.1) is 11.3 Å². The summed E-state index contributed by atoms with van der Waals surface area (Å²) < 4.78 is 0. The van der Waals surface area contributed by atoms with Crippen molar-refractivity contribution in [1.82, 2.24) is 9.97 Å². The fraction of sp³-hybridized carbons (Fsp3) is 0.625. The quantitative estimate of drug-likeness (QED) is 0.617. The van der Waals surface area contributed by atoms with Crippen LogP contribution < -0.4 is 11.1 Å². The summed E-state index contributed by atoms with van der Waals surface area (Å²) in [5.41, 5.74) is 5.74. The average Bonchev–Trinajstić information content (AvgIpc) is 2.93. The zero-order valence-corrected chi connectivity index (χ0v) is 13.7. The highest BCUT2D eigenvalue weighted by atomic mass is 32.1. The molecule has 4 nitrogen and oxygen atoms in total. The molecule has 0 saturated carbocycles. The zero-order chi connectivity index (χ0) is 14.9. The van der Waals surface area contributed by atoms with Crippen LogP contribution in [0.4, 0.5) is 11.8 Å². The number of nitrogens with two attached hydrogens (primary N) is 1. The molecule has 3 N–H and O–H groups in total. The Kier molecular flexibility index (Phi) is 6.73. The number of nitrogen functional groups attached to an aromatic ring is 1. The molecule has 0 spiro atoms. The summed E-state index contributed by atoms with van der Waals surface area (Å²) in [4.78, 5) is 9.50. The van der Waals surface area contributed by atoms with Gasteiger partial charge in [0.1, 0.15) is 10.6 Å². The van der Waals surface area contributed by atoms with Gasteiger partial charge in [0.2, 0.25) is 5.95 Å². The lowest BCUT2D eigenvalue weighted by molar-refractivity contribution is 0.581. The molecule has 2 aromatic heterocycles. The monoisotopic (exact) mass is 306 g/mol. The van der Waals surface area contributed by atoms with E-state index >= 15 is 0 Å². The molecule has 116 valence electrons. The van der Waals surface area contributed by atoms with Gasteiger partial charge in [-0.2, -0.15) is 4.98 Å². The molecule has 0 aliphatic heterocycles. The summed E-state index contributed by atoms with van der Waals surface area (Å²) >= 11 is 1.60. The van der Waals surface area contributed by atoms with Gasteiger partial charge in [-0.1, -0.05) is 51.9 Å². The Morgan fingerprint density at radius 3 is 2.52 bits per heavy atom. The Balaban J connectivity index is 1.65. The van der Waals surface area contributed by atoms with Crippen molar-refractivity contribution in [3.63, 3.8) is 0 Å². The molecule has 0 aromatic carbocycles. The maximum atomic E-state index is 5.74. The maximum absolute atomic E-state index is 5.74. The molecule has 2 aromatic rings. The van der Waals surface area contributed by atoms with Crippen molar-refractivity contribution in [2.45, 2.75) is 58.3 Å².